The second-order valence-electron chi connectivity index (χ2n) is 11.8. The molecular formula is C34H42N2O3. The molecule has 3 aromatic rings. The summed E-state index contributed by atoms with van der Waals surface area (Å²) in [5, 5.41) is 3.25. The fraction of sp³-hybridized carbons (Fsp3) is 0.412. The van der Waals surface area contributed by atoms with E-state index in [-0.39, 0.29) is 29.9 Å². The Morgan fingerprint density at radius 1 is 0.897 bits per heavy atom. The molecule has 0 heterocycles. The maximum absolute atomic E-state index is 13.8. The van der Waals surface area contributed by atoms with Crippen LogP contribution in [0.1, 0.15) is 68.7 Å². The van der Waals surface area contributed by atoms with E-state index in [1.165, 1.54) is 5.56 Å². The van der Waals surface area contributed by atoms with Crippen molar-refractivity contribution in [3.05, 3.63) is 101 Å². The van der Waals surface area contributed by atoms with E-state index in [4.69, 9.17) is 4.74 Å². The third kappa shape index (κ3) is 8.19. The lowest BCUT2D eigenvalue weighted by molar-refractivity contribution is -0.143. The van der Waals surface area contributed by atoms with Gasteiger partial charge >= 0.3 is 0 Å². The van der Waals surface area contributed by atoms with Crippen molar-refractivity contribution in [1.29, 1.82) is 0 Å². The Balaban J connectivity index is 1.58. The molecule has 0 bridgehead atoms. The van der Waals surface area contributed by atoms with E-state index in [9.17, 15) is 9.59 Å². The summed E-state index contributed by atoms with van der Waals surface area (Å²) < 4.78 is 5.96. The van der Waals surface area contributed by atoms with E-state index in [1.807, 2.05) is 85.8 Å². The maximum Gasteiger partial charge on any atom is 0.261 e. The van der Waals surface area contributed by atoms with Crippen molar-refractivity contribution in [2.24, 2.45) is 0 Å². The highest BCUT2D eigenvalue weighted by atomic mass is 16.5. The van der Waals surface area contributed by atoms with Crippen LogP contribution in [-0.2, 0) is 28.0 Å². The summed E-state index contributed by atoms with van der Waals surface area (Å²) >= 11 is 0. The van der Waals surface area contributed by atoms with Crippen molar-refractivity contribution >= 4 is 11.8 Å². The molecule has 1 N–H and O–H groups in total. The number of benzene rings is 3. The minimum atomic E-state index is -0.645. The predicted octanol–water partition coefficient (Wildman–Crippen LogP) is 6.37. The zero-order valence-electron chi connectivity index (χ0n) is 23.8. The van der Waals surface area contributed by atoms with Gasteiger partial charge in [-0.25, -0.2) is 0 Å². The normalized spacial score (nSPS) is 14.6. The van der Waals surface area contributed by atoms with Crippen LogP contribution in [0.3, 0.4) is 0 Å². The Morgan fingerprint density at radius 2 is 1.54 bits per heavy atom. The van der Waals surface area contributed by atoms with Crippen molar-refractivity contribution in [2.75, 3.05) is 6.61 Å². The van der Waals surface area contributed by atoms with E-state index in [2.05, 4.69) is 26.1 Å². The minimum absolute atomic E-state index is 0.0382. The molecule has 1 saturated carbocycles. The summed E-state index contributed by atoms with van der Waals surface area (Å²) in [5.41, 5.74) is 4.39. The number of amides is 2. The summed E-state index contributed by atoms with van der Waals surface area (Å²) in [5.74, 6) is 0.334. The van der Waals surface area contributed by atoms with Crippen LogP contribution < -0.4 is 10.1 Å². The van der Waals surface area contributed by atoms with E-state index in [0.717, 1.165) is 42.4 Å². The Bertz CT molecular complexity index is 1210. The molecule has 1 aliphatic rings. The van der Waals surface area contributed by atoms with Crippen LogP contribution in [0.15, 0.2) is 78.9 Å². The number of ether oxygens (including phenoxy) is 1. The largest absolute Gasteiger partial charge is 0.484 e. The molecule has 39 heavy (non-hydrogen) atoms. The monoisotopic (exact) mass is 526 g/mol. The number of nitrogens with zero attached hydrogens (tertiary/aromatic N) is 1. The number of rotatable bonds is 10. The van der Waals surface area contributed by atoms with Crippen molar-refractivity contribution < 1.29 is 14.3 Å². The van der Waals surface area contributed by atoms with Gasteiger partial charge in [0.25, 0.3) is 5.91 Å². The molecule has 0 saturated heterocycles. The SMILES string of the molecule is Cc1ccc(CN(C(=O)COc2ccc(C(C)(C)C)cc2)[C@H](Cc2ccccc2)C(=O)NC2CCCC2)cc1. The van der Waals surface area contributed by atoms with Crippen LogP contribution in [0.2, 0.25) is 0 Å². The van der Waals surface area contributed by atoms with Gasteiger partial charge in [0, 0.05) is 19.0 Å². The number of carbonyl (C=O) groups excluding carboxylic acids is 2. The smallest absolute Gasteiger partial charge is 0.261 e. The van der Waals surface area contributed by atoms with Crippen LogP contribution in [0.5, 0.6) is 5.75 Å². The van der Waals surface area contributed by atoms with Crippen molar-refractivity contribution in [3.8, 4) is 5.75 Å². The van der Waals surface area contributed by atoms with Gasteiger partial charge in [-0.3, -0.25) is 9.59 Å². The minimum Gasteiger partial charge on any atom is -0.484 e. The predicted molar refractivity (Wildman–Crippen MR) is 157 cm³/mol. The summed E-state index contributed by atoms with van der Waals surface area (Å²) in [7, 11) is 0. The molecule has 5 nitrogen and oxygen atoms in total. The average Bonchev–Trinajstić information content (AvgIpc) is 3.43. The maximum atomic E-state index is 13.8. The Hall–Kier alpha value is -3.60. The highest BCUT2D eigenvalue weighted by Gasteiger charge is 2.32. The second kappa shape index (κ2) is 13.0. The highest BCUT2D eigenvalue weighted by molar-refractivity contribution is 5.88. The summed E-state index contributed by atoms with van der Waals surface area (Å²) in [6.45, 7) is 8.74. The fourth-order valence-electron chi connectivity index (χ4n) is 5.09. The first-order valence-corrected chi connectivity index (χ1v) is 14.1. The van der Waals surface area contributed by atoms with Crippen molar-refractivity contribution in [2.45, 2.75) is 83.8 Å². The molecule has 1 atom stereocenters. The van der Waals surface area contributed by atoms with E-state index < -0.39 is 6.04 Å². The molecule has 206 valence electrons. The van der Waals surface area contributed by atoms with Gasteiger partial charge in [0.05, 0.1) is 0 Å². The first kappa shape index (κ1) is 28.4. The third-order valence-electron chi connectivity index (χ3n) is 7.53. The highest BCUT2D eigenvalue weighted by Crippen LogP contribution is 2.25. The van der Waals surface area contributed by atoms with Crippen LogP contribution in [0.25, 0.3) is 0 Å². The first-order chi connectivity index (χ1) is 18.7. The molecule has 0 spiro atoms. The molecule has 0 aliphatic heterocycles. The number of aryl methyl sites for hydroxylation is 1. The standard InChI is InChI=1S/C34H42N2O3/c1-25-14-16-27(17-15-25)23-36(32(37)24-39-30-20-18-28(19-21-30)34(2,3)4)31(22-26-10-6-5-7-11-26)33(38)35-29-12-8-9-13-29/h5-7,10-11,14-21,29,31H,8-9,12-13,22-24H2,1-4H3,(H,35,38)/t31-/m1/s1. The molecule has 1 fully saturated rings. The lowest BCUT2D eigenvalue weighted by Crippen LogP contribution is -2.53. The van der Waals surface area contributed by atoms with Gasteiger partial charge in [-0.1, -0.05) is 106 Å². The Kier molecular flexibility index (Phi) is 9.45. The quantitative estimate of drug-likeness (QED) is 0.334. The van der Waals surface area contributed by atoms with Gasteiger partial charge in [0.2, 0.25) is 5.91 Å². The zero-order valence-corrected chi connectivity index (χ0v) is 23.8. The van der Waals surface area contributed by atoms with Gasteiger partial charge in [-0.05, 0) is 54.0 Å². The molecule has 0 aromatic heterocycles. The van der Waals surface area contributed by atoms with E-state index >= 15 is 0 Å². The van der Waals surface area contributed by atoms with Crippen LogP contribution >= 0.6 is 0 Å². The van der Waals surface area contributed by atoms with E-state index in [1.54, 1.807) is 4.90 Å². The second-order valence-corrected chi connectivity index (χ2v) is 11.8. The molecule has 2 amide bonds. The summed E-state index contributed by atoms with van der Waals surface area (Å²) in [4.78, 5) is 29.3. The number of hydrogen-bond acceptors (Lipinski definition) is 3. The van der Waals surface area contributed by atoms with E-state index in [0.29, 0.717) is 18.7 Å². The Morgan fingerprint density at radius 3 is 2.15 bits per heavy atom. The van der Waals surface area contributed by atoms with Crippen LogP contribution in [-0.4, -0.2) is 35.4 Å². The lowest BCUT2D eigenvalue weighted by Gasteiger charge is -2.32. The van der Waals surface area contributed by atoms with Crippen molar-refractivity contribution in [1.82, 2.24) is 10.2 Å². The molecule has 5 heteroatoms. The number of hydrogen-bond donors (Lipinski definition) is 1. The van der Waals surface area contributed by atoms with Gasteiger partial charge in [0.15, 0.2) is 6.61 Å². The Labute approximate surface area is 233 Å². The average molecular weight is 527 g/mol. The summed E-state index contributed by atoms with van der Waals surface area (Å²) in [6.07, 6.45) is 4.67. The topological polar surface area (TPSA) is 58.6 Å². The molecule has 4 rings (SSSR count). The van der Waals surface area contributed by atoms with Crippen LogP contribution in [0, 0.1) is 6.92 Å². The number of nitrogens with one attached hydrogen (secondary N) is 1. The molecule has 1 aliphatic carbocycles. The van der Waals surface area contributed by atoms with Gasteiger partial charge in [-0.15, -0.1) is 0 Å². The fourth-order valence-corrected chi connectivity index (χ4v) is 5.09. The first-order valence-electron chi connectivity index (χ1n) is 14.1. The third-order valence-corrected chi connectivity index (χ3v) is 7.53. The van der Waals surface area contributed by atoms with Gasteiger partial charge in [-0.2, -0.15) is 0 Å². The van der Waals surface area contributed by atoms with Crippen LogP contribution in [0.4, 0.5) is 0 Å². The van der Waals surface area contributed by atoms with Gasteiger partial charge < -0.3 is 15.0 Å². The number of carbonyl (C=O) groups is 2. The van der Waals surface area contributed by atoms with Gasteiger partial charge in [0.1, 0.15) is 11.8 Å². The molecule has 0 radical (unpaired) electrons. The molecule has 0 unspecified atom stereocenters. The lowest BCUT2D eigenvalue weighted by atomic mass is 9.87. The zero-order chi connectivity index (χ0) is 27.8. The molecular weight excluding hydrogens is 484 g/mol. The molecule has 3 aromatic carbocycles. The van der Waals surface area contributed by atoms with Crippen molar-refractivity contribution in [3.63, 3.8) is 0 Å². The summed E-state index contributed by atoms with van der Waals surface area (Å²) in [6, 6.07) is 25.5.